The molecule has 0 saturated carbocycles. The van der Waals surface area contributed by atoms with Crippen LogP contribution in [0.5, 0.6) is 0 Å². The zero-order chi connectivity index (χ0) is 9.19. The van der Waals surface area contributed by atoms with Gasteiger partial charge in [0.2, 0.25) is 0 Å². The maximum atomic E-state index is 8.88. The first kappa shape index (κ1) is 10.0. The van der Waals surface area contributed by atoms with E-state index in [0.29, 0.717) is 12.1 Å². The number of β-amino-alcohol motifs (C(OH)–C–C–N with tert-alkyl or cyclic N) is 1. The largest absolute Gasteiger partial charge is 0.395 e. The molecule has 0 spiro atoms. The summed E-state index contributed by atoms with van der Waals surface area (Å²) in [5.74, 6) is 0.809. The molecule has 1 N–H and O–H groups in total. The molecule has 1 atom stereocenters. The van der Waals surface area contributed by atoms with Crippen LogP contribution in [0.15, 0.2) is 0 Å². The number of aliphatic hydroxyl groups excluding tert-OH is 1. The van der Waals surface area contributed by atoms with E-state index in [1.54, 1.807) is 0 Å². The van der Waals surface area contributed by atoms with Gasteiger partial charge in [0.1, 0.15) is 0 Å². The van der Waals surface area contributed by atoms with Crippen LogP contribution in [-0.2, 0) is 0 Å². The summed E-state index contributed by atoms with van der Waals surface area (Å²) in [4.78, 5) is 2.40. The molecule has 0 amide bonds. The van der Waals surface area contributed by atoms with E-state index in [1.165, 1.54) is 12.8 Å². The molecule has 2 heteroatoms. The SMILES string of the molecule is CCC1CCN(CCO)C1(C)C. The fourth-order valence-electron chi connectivity index (χ4n) is 2.44. The summed E-state index contributed by atoms with van der Waals surface area (Å²) in [6.07, 6.45) is 2.55. The maximum absolute atomic E-state index is 8.88. The molecular weight excluding hydrogens is 150 g/mol. The van der Waals surface area contributed by atoms with Gasteiger partial charge in [0.05, 0.1) is 6.61 Å². The van der Waals surface area contributed by atoms with Gasteiger partial charge in [-0.15, -0.1) is 0 Å². The number of nitrogens with zero attached hydrogens (tertiary/aromatic N) is 1. The van der Waals surface area contributed by atoms with Crippen molar-refractivity contribution >= 4 is 0 Å². The van der Waals surface area contributed by atoms with Crippen LogP contribution in [-0.4, -0.2) is 35.2 Å². The third-order valence-electron chi connectivity index (χ3n) is 3.42. The molecule has 72 valence electrons. The van der Waals surface area contributed by atoms with E-state index in [4.69, 9.17) is 5.11 Å². The highest BCUT2D eigenvalue weighted by molar-refractivity contribution is 4.94. The van der Waals surface area contributed by atoms with Crippen LogP contribution in [0.1, 0.15) is 33.6 Å². The lowest BCUT2D eigenvalue weighted by molar-refractivity contribution is 0.109. The van der Waals surface area contributed by atoms with Crippen molar-refractivity contribution in [3.63, 3.8) is 0 Å². The predicted molar refractivity (Wildman–Crippen MR) is 51.1 cm³/mol. The van der Waals surface area contributed by atoms with Gasteiger partial charge in [-0.2, -0.15) is 0 Å². The van der Waals surface area contributed by atoms with E-state index >= 15 is 0 Å². The molecule has 12 heavy (non-hydrogen) atoms. The van der Waals surface area contributed by atoms with E-state index in [-0.39, 0.29) is 0 Å². The van der Waals surface area contributed by atoms with E-state index in [9.17, 15) is 0 Å². The Hall–Kier alpha value is -0.0800. The van der Waals surface area contributed by atoms with Crippen LogP contribution >= 0.6 is 0 Å². The molecule has 1 aliphatic rings. The van der Waals surface area contributed by atoms with E-state index in [1.807, 2.05) is 0 Å². The van der Waals surface area contributed by atoms with Crippen molar-refractivity contribution in [2.45, 2.75) is 39.2 Å². The van der Waals surface area contributed by atoms with Crippen molar-refractivity contribution in [3.05, 3.63) is 0 Å². The van der Waals surface area contributed by atoms with E-state index in [0.717, 1.165) is 19.0 Å². The third-order valence-corrected chi connectivity index (χ3v) is 3.42. The van der Waals surface area contributed by atoms with Gasteiger partial charge in [0, 0.05) is 12.1 Å². The van der Waals surface area contributed by atoms with Gasteiger partial charge in [-0.25, -0.2) is 0 Å². The quantitative estimate of drug-likeness (QED) is 0.695. The van der Waals surface area contributed by atoms with Crippen molar-refractivity contribution in [2.75, 3.05) is 19.7 Å². The molecule has 1 saturated heterocycles. The van der Waals surface area contributed by atoms with Crippen molar-refractivity contribution in [1.82, 2.24) is 4.90 Å². The van der Waals surface area contributed by atoms with Crippen LogP contribution < -0.4 is 0 Å². The number of aliphatic hydroxyl groups is 1. The molecule has 1 rings (SSSR count). The molecule has 1 fully saturated rings. The molecule has 0 aromatic heterocycles. The Morgan fingerprint density at radius 2 is 2.17 bits per heavy atom. The minimum absolute atomic E-state index is 0.292. The number of likely N-dealkylation sites (tertiary alicyclic amines) is 1. The van der Waals surface area contributed by atoms with Gasteiger partial charge >= 0.3 is 0 Å². The summed E-state index contributed by atoms with van der Waals surface area (Å²) < 4.78 is 0. The standard InChI is InChI=1S/C10H21NO/c1-4-9-5-6-11(7-8-12)10(9,2)3/h9,12H,4-8H2,1-3H3. The first-order valence-electron chi connectivity index (χ1n) is 4.98. The molecule has 0 bridgehead atoms. The summed E-state index contributed by atoms with van der Waals surface area (Å²) >= 11 is 0. The Labute approximate surface area is 75.6 Å². The van der Waals surface area contributed by atoms with Crippen molar-refractivity contribution in [1.29, 1.82) is 0 Å². The molecule has 0 radical (unpaired) electrons. The lowest BCUT2D eigenvalue weighted by Crippen LogP contribution is -2.43. The summed E-state index contributed by atoms with van der Waals surface area (Å²) in [7, 11) is 0. The molecule has 1 heterocycles. The first-order chi connectivity index (χ1) is 5.62. The van der Waals surface area contributed by atoms with E-state index in [2.05, 4.69) is 25.7 Å². The molecule has 1 aliphatic heterocycles. The maximum Gasteiger partial charge on any atom is 0.0558 e. The fraction of sp³-hybridized carbons (Fsp3) is 1.00. The fourth-order valence-corrected chi connectivity index (χ4v) is 2.44. The van der Waals surface area contributed by atoms with Gasteiger partial charge in [-0.05, 0) is 32.7 Å². The second-order valence-electron chi connectivity index (χ2n) is 4.26. The highest BCUT2D eigenvalue weighted by Crippen LogP contribution is 2.35. The lowest BCUT2D eigenvalue weighted by Gasteiger charge is -2.35. The van der Waals surface area contributed by atoms with Crippen LogP contribution in [0.25, 0.3) is 0 Å². The van der Waals surface area contributed by atoms with E-state index < -0.39 is 0 Å². The molecule has 0 aromatic rings. The summed E-state index contributed by atoms with van der Waals surface area (Å²) in [5.41, 5.74) is 0.303. The smallest absolute Gasteiger partial charge is 0.0558 e. The minimum atomic E-state index is 0.292. The highest BCUT2D eigenvalue weighted by Gasteiger charge is 2.39. The highest BCUT2D eigenvalue weighted by atomic mass is 16.3. The number of rotatable bonds is 3. The molecule has 0 aromatic carbocycles. The van der Waals surface area contributed by atoms with Crippen LogP contribution in [0.2, 0.25) is 0 Å². The number of hydrogen-bond acceptors (Lipinski definition) is 2. The second-order valence-corrected chi connectivity index (χ2v) is 4.26. The van der Waals surface area contributed by atoms with Crippen molar-refractivity contribution < 1.29 is 5.11 Å². The monoisotopic (exact) mass is 171 g/mol. The van der Waals surface area contributed by atoms with Gasteiger partial charge < -0.3 is 5.11 Å². The predicted octanol–water partition coefficient (Wildman–Crippen LogP) is 1.49. The molecule has 2 nitrogen and oxygen atoms in total. The molecular formula is C10H21NO. The topological polar surface area (TPSA) is 23.5 Å². The Morgan fingerprint density at radius 1 is 1.50 bits per heavy atom. The van der Waals surface area contributed by atoms with Crippen molar-refractivity contribution in [3.8, 4) is 0 Å². The summed E-state index contributed by atoms with van der Waals surface area (Å²) in [6.45, 7) is 9.14. The molecule has 0 aliphatic carbocycles. The Kier molecular flexibility index (Phi) is 3.13. The number of hydrogen-bond donors (Lipinski definition) is 1. The van der Waals surface area contributed by atoms with Crippen LogP contribution in [0, 0.1) is 5.92 Å². The van der Waals surface area contributed by atoms with Crippen LogP contribution in [0.3, 0.4) is 0 Å². The molecule has 1 unspecified atom stereocenters. The first-order valence-corrected chi connectivity index (χ1v) is 4.98. The third kappa shape index (κ3) is 1.64. The lowest BCUT2D eigenvalue weighted by atomic mass is 9.86. The van der Waals surface area contributed by atoms with Gasteiger partial charge in [-0.3, -0.25) is 4.90 Å². The Bertz CT molecular complexity index is 145. The summed E-state index contributed by atoms with van der Waals surface area (Å²) in [5, 5.41) is 8.88. The zero-order valence-corrected chi connectivity index (χ0v) is 8.51. The Balaban J connectivity index is 2.57. The van der Waals surface area contributed by atoms with Gasteiger partial charge in [0.25, 0.3) is 0 Å². The van der Waals surface area contributed by atoms with Crippen molar-refractivity contribution in [2.24, 2.45) is 5.92 Å². The average molecular weight is 171 g/mol. The summed E-state index contributed by atoms with van der Waals surface area (Å²) in [6, 6.07) is 0. The second kappa shape index (κ2) is 3.75. The Morgan fingerprint density at radius 3 is 2.58 bits per heavy atom. The minimum Gasteiger partial charge on any atom is -0.395 e. The normalized spacial score (nSPS) is 29.5. The van der Waals surface area contributed by atoms with Gasteiger partial charge in [-0.1, -0.05) is 13.3 Å². The zero-order valence-electron chi connectivity index (χ0n) is 8.51. The van der Waals surface area contributed by atoms with Gasteiger partial charge in [0.15, 0.2) is 0 Å². The van der Waals surface area contributed by atoms with Crippen LogP contribution in [0.4, 0.5) is 0 Å². The average Bonchev–Trinajstić information content (AvgIpc) is 2.28.